The summed E-state index contributed by atoms with van der Waals surface area (Å²) in [4.78, 5) is 31.7. The summed E-state index contributed by atoms with van der Waals surface area (Å²) in [6, 6.07) is 15.5. The van der Waals surface area contributed by atoms with Gasteiger partial charge in [-0.15, -0.1) is 0 Å². The van der Waals surface area contributed by atoms with Crippen LogP contribution in [0.4, 0.5) is 0 Å². The van der Waals surface area contributed by atoms with Crippen molar-refractivity contribution >= 4 is 62.5 Å². The summed E-state index contributed by atoms with van der Waals surface area (Å²) in [5.41, 5.74) is 2.06. The van der Waals surface area contributed by atoms with E-state index in [2.05, 4.69) is 20.9 Å². The smallest absolute Gasteiger partial charge is 0.338 e. The first kappa shape index (κ1) is 25.7. The molecule has 1 aliphatic rings. The number of benzene rings is 2. The van der Waals surface area contributed by atoms with E-state index in [1.165, 1.54) is 15.9 Å². The molecule has 0 amide bonds. The van der Waals surface area contributed by atoms with Crippen molar-refractivity contribution in [1.29, 1.82) is 0 Å². The number of aromatic nitrogens is 1. The minimum absolute atomic E-state index is 0.206. The highest BCUT2D eigenvalue weighted by Gasteiger charge is 2.33. The van der Waals surface area contributed by atoms with Gasteiger partial charge in [0, 0.05) is 21.1 Å². The summed E-state index contributed by atoms with van der Waals surface area (Å²) in [5, 5.41) is 1.12. The second-order valence-electron chi connectivity index (χ2n) is 8.18. The molecule has 188 valence electrons. The predicted molar refractivity (Wildman–Crippen MR) is 149 cm³/mol. The van der Waals surface area contributed by atoms with Gasteiger partial charge in [0.05, 0.1) is 33.5 Å². The van der Waals surface area contributed by atoms with Crippen molar-refractivity contribution in [3.8, 4) is 11.3 Å². The Kier molecular flexibility index (Phi) is 7.27. The maximum Gasteiger partial charge on any atom is 0.338 e. The van der Waals surface area contributed by atoms with Crippen LogP contribution in [0.25, 0.3) is 17.4 Å². The van der Waals surface area contributed by atoms with Crippen LogP contribution in [0.15, 0.2) is 84.5 Å². The summed E-state index contributed by atoms with van der Waals surface area (Å²) < 4.78 is 14.0. The summed E-state index contributed by atoms with van der Waals surface area (Å²) >= 11 is 16.9. The number of nitrogens with zero attached hydrogens (tertiary/aromatic N) is 2. The summed E-state index contributed by atoms with van der Waals surface area (Å²) in [7, 11) is 0. The molecule has 0 bridgehead atoms. The van der Waals surface area contributed by atoms with Gasteiger partial charge in [0.15, 0.2) is 4.80 Å². The fraction of sp³-hybridized carbons (Fsp3) is 0.148. The van der Waals surface area contributed by atoms with Gasteiger partial charge >= 0.3 is 5.97 Å². The highest BCUT2D eigenvalue weighted by atomic mass is 79.9. The lowest BCUT2D eigenvalue weighted by molar-refractivity contribution is -0.139. The number of hydrogen-bond acceptors (Lipinski definition) is 6. The van der Waals surface area contributed by atoms with Gasteiger partial charge in [0.1, 0.15) is 11.5 Å². The first-order chi connectivity index (χ1) is 17.8. The maximum atomic E-state index is 13.7. The maximum absolute atomic E-state index is 13.7. The molecule has 0 aliphatic carbocycles. The lowest BCUT2D eigenvalue weighted by Crippen LogP contribution is -2.39. The van der Waals surface area contributed by atoms with E-state index < -0.39 is 12.0 Å². The minimum atomic E-state index is -0.702. The largest absolute Gasteiger partial charge is 0.463 e. The zero-order valence-electron chi connectivity index (χ0n) is 19.6. The highest BCUT2D eigenvalue weighted by molar-refractivity contribution is 9.10. The van der Waals surface area contributed by atoms with Gasteiger partial charge in [-0.2, -0.15) is 0 Å². The predicted octanol–water partition coefficient (Wildman–Crippen LogP) is 6.13. The Balaban J connectivity index is 1.62. The number of esters is 1. The highest BCUT2D eigenvalue weighted by Crippen LogP contribution is 2.32. The van der Waals surface area contributed by atoms with Crippen molar-refractivity contribution in [2.45, 2.75) is 19.9 Å². The molecular weight excluding hydrogens is 599 g/mol. The molecule has 2 aromatic heterocycles. The van der Waals surface area contributed by atoms with Gasteiger partial charge in [-0.3, -0.25) is 9.36 Å². The van der Waals surface area contributed by atoms with Gasteiger partial charge in [0.2, 0.25) is 0 Å². The van der Waals surface area contributed by atoms with E-state index in [0.717, 1.165) is 15.6 Å². The quantitative estimate of drug-likeness (QED) is 0.253. The van der Waals surface area contributed by atoms with Crippen molar-refractivity contribution < 1.29 is 13.9 Å². The number of ether oxygens (including phenoxy) is 1. The molecule has 3 heterocycles. The number of allylic oxidation sites excluding steroid dienone is 1. The molecule has 4 aromatic rings. The summed E-state index contributed by atoms with van der Waals surface area (Å²) in [6.07, 6.45) is 1.68. The lowest BCUT2D eigenvalue weighted by atomic mass is 9.96. The number of furan rings is 1. The van der Waals surface area contributed by atoms with Crippen LogP contribution < -0.4 is 14.9 Å². The number of hydrogen-bond donors (Lipinski definition) is 0. The number of carbonyl (C=O) groups excluding carboxylic acids is 1. The van der Waals surface area contributed by atoms with Crippen LogP contribution in [0.1, 0.15) is 31.2 Å². The van der Waals surface area contributed by atoms with Crippen LogP contribution in [0, 0.1) is 0 Å². The average molecular weight is 618 g/mol. The van der Waals surface area contributed by atoms with E-state index in [0.29, 0.717) is 42.2 Å². The zero-order chi connectivity index (χ0) is 26.3. The van der Waals surface area contributed by atoms with E-state index in [1.807, 2.05) is 18.2 Å². The molecule has 0 N–H and O–H groups in total. The number of halogens is 3. The standard InChI is InChI=1S/C27H19BrCl2N2O4S/c1-3-35-26(34)23-14(2)31-27-32(24(23)15-4-7-17(29)8-5-15)25(33)22(37-27)13-18-9-11-21(36-18)16-6-10-19(28)20(30)12-16/h4-13,24H,3H2,1-2H3/b22-13-/t24-/m0/s1. The fourth-order valence-corrected chi connectivity index (χ4v) is 5.70. The first-order valence-corrected chi connectivity index (χ1v) is 13.6. The second kappa shape index (κ2) is 10.5. The van der Waals surface area contributed by atoms with Gasteiger partial charge in [-0.1, -0.05) is 52.7 Å². The number of rotatable bonds is 5. The Morgan fingerprint density at radius 3 is 2.65 bits per heavy atom. The molecule has 37 heavy (non-hydrogen) atoms. The molecule has 1 atom stereocenters. The molecule has 10 heteroatoms. The summed E-state index contributed by atoms with van der Waals surface area (Å²) in [6.45, 7) is 3.69. The van der Waals surface area contributed by atoms with Crippen LogP contribution in [-0.4, -0.2) is 17.1 Å². The van der Waals surface area contributed by atoms with Gasteiger partial charge < -0.3 is 9.15 Å². The molecule has 2 aromatic carbocycles. The molecule has 0 radical (unpaired) electrons. The molecule has 6 nitrogen and oxygen atoms in total. The zero-order valence-corrected chi connectivity index (χ0v) is 23.5. The van der Waals surface area contributed by atoms with Crippen molar-refractivity contribution in [3.05, 3.63) is 111 Å². The van der Waals surface area contributed by atoms with Crippen molar-refractivity contribution in [3.63, 3.8) is 0 Å². The van der Waals surface area contributed by atoms with Crippen LogP contribution in [0.3, 0.4) is 0 Å². The van der Waals surface area contributed by atoms with E-state index in [4.69, 9.17) is 32.4 Å². The van der Waals surface area contributed by atoms with E-state index in [9.17, 15) is 9.59 Å². The van der Waals surface area contributed by atoms with Crippen molar-refractivity contribution in [2.24, 2.45) is 4.99 Å². The Morgan fingerprint density at radius 1 is 1.19 bits per heavy atom. The lowest BCUT2D eigenvalue weighted by Gasteiger charge is -2.24. The first-order valence-electron chi connectivity index (χ1n) is 11.3. The third kappa shape index (κ3) is 4.99. The van der Waals surface area contributed by atoms with E-state index in [-0.39, 0.29) is 12.2 Å². The number of fused-ring (bicyclic) bond motifs is 1. The number of thiazole rings is 1. The molecule has 0 unspecified atom stereocenters. The number of carbonyl (C=O) groups is 1. The minimum Gasteiger partial charge on any atom is -0.463 e. The third-order valence-corrected chi connectivity index (χ3v) is 8.27. The average Bonchev–Trinajstić information content (AvgIpc) is 3.45. The monoisotopic (exact) mass is 616 g/mol. The Morgan fingerprint density at radius 2 is 1.95 bits per heavy atom. The van der Waals surface area contributed by atoms with Crippen molar-refractivity contribution in [1.82, 2.24) is 4.57 Å². The molecule has 0 saturated carbocycles. The molecule has 0 spiro atoms. The van der Waals surface area contributed by atoms with E-state index >= 15 is 0 Å². The van der Waals surface area contributed by atoms with Crippen LogP contribution in [0.5, 0.6) is 0 Å². The molecular formula is C27H19BrCl2N2O4S. The summed E-state index contributed by atoms with van der Waals surface area (Å²) in [5.74, 6) is 0.610. The molecule has 5 rings (SSSR count). The van der Waals surface area contributed by atoms with E-state index in [1.54, 1.807) is 56.3 Å². The molecule has 1 aliphatic heterocycles. The topological polar surface area (TPSA) is 73.8 Å². The molecule has 0 fully saturated rings. The normalized spacial score (nSPS) is 15.5. The van der Waals surface area contributed by atoms with Gasteiger partial charge in [-0.05, 0) is 71.7 Å². The Labute approximate surface area is 234 Å². The molecule has 0 saturated heterocycles. The van der Waals surface area contributed by atoms with Crippen LogP contribution in [-0.2, 0) is 9.53 Å². The van der Waals surface area contributed by atoms with Gasteiger partial charge in [0.25, 0.3) is 5.56 Å². The van der Waals surface area contributed by atoms with Crippen LogP contribution in [0.2, 0.25) is 10.0 Å². The Bertz CT molecular complexity index is 1730. The fourth-order valence-electron chi connectivity index (χ4n) is 4.12. The second-order valence-corrected chi connectivity index (χ2v) is 10.9. The SMILES string of the molecule is CCOC(=O)C1=C(C)N=c2s/c(=C\c3ccc(-c4ccc(Br)c(Cl)c4)o3)c(=O)n2[C@H]1c1ccc(Cl)cc1. The van der Waals surface area contributed by atoms with Crippen LogP contribution >= 0.6 is 50.5 Å². The third-order valence-electron chi connectivity index (χ3n) is 5.81. The van der Waals surface area contributed by atoms with Gasteiger partial charge in [-0.25, -0.2) is 9.79 Å². The van der Waals surface area contributed by atoms with Crippen molar-refractivity contribution in [2.75, 3.05) is 6.61 Å². The Hall–Kier alpha value is -2.91.